The Kier molecular flexibility index (Phi) is 6.53. The van der Waals surface area contributed by atoms with Crippen LogP contribution in [-0.2, 0) is 21.4 Å². The van der Waals surface area contributed by atoms with Gasteiger partial charge in [0.05, 0.1) is 19.9 Å². The molecule has 2 aromatic rings. The average molecular weight is 404 g/mol. The van der Waals surface area contributed by atoms with Gasteiger partial charge in [0.15, 0.2) is 0 Å². The number of methoxy groups -OCH3 is 1. The van der Waals surface area contributed by atoms with Crippen LogP contribution in [0.15, 0.2) is 52.0 Å². The van der Waals surface area contributed by atoms with E-state index in [1.807, 2.05) is 0 Å². The number of ether oxygens (including phenoxy) is 1. The van der Waals surface area contributed by atoms with Crippen molar-refractivity contribution in [2.45, 2.75) is 30.7 Å². The summed E-state index contributed by atoms with van der Waals surface area (Å²) in [5, 5.41) is 2.70. The van der Waals surface area contributed by atoms with Crippen LogP contribution in [0.1, 0.15) is 30.6 Å². The number of benzene rings is 1. The molecule has 0 saturated carbocycles. The molecule has 0 unspecified atom stereocenters. The van der Waals surface area contributed by atoms with Gasteiger partial charge >= 0.3 is 0 Å². The van der Waals surface area contributed by atoms with Crippen LogP contribution in [-0.4, -0.2) is 38.8 Å². The minimum Gasteiger partial charge on any atom is -0.495 e. The van der Waals surface area contributed by atoms with E-state index in [9.17, 15) is 13.2 Å². The highest BCUT2D eigenvalue weighted by atomic mass is 32.2. The summed E-state index contributed by atoms with van der Waals surface area (Å²) in [4.78, 5) is 12.1. The molecule has 1 aromatic heterocycles. The van der Waals surface area contributed by atoms with Crippen LogP contribution >= 0.6 is 0 Å². The number of furan rings is 1. The van der Waals surface area contributed by atoms with E-state index in [-0.39, 0.29) is 17.3 Å². The number of carbonyl (C=O) groups is 1. The molecule has 1 fully saturated rings. The lowest BCUT2D eigenvalue weighted by molar-refractivity contribution is -0.116. The van der Waals surface area contributed by atoms with Gasteiger partial charge < -0.3 is 14.5 Å². The standard InChI is InChI=1S/C20H24N2O5S/c1-26-18-9-7-16(8-10-20(23)21-15-17-6-5-13-27-17)14-19(18)28(24,25)22-11-3-2-4-12-22/h5-10,13-14H,2-4,11-12,15H2,1H3,(H,21,23). The van der Waals surface area contributed by atoms with E-state index in [2.05, 4.69) is 5.32 Å². The molecular weight excluding hydrogens is 380 g/mol. The predicted octanol–water partition coefficient (Wildman–Crippen LogP) is 2.79. The van der Waals surface area contributed by atoms with Crippen molar-refractivity contribution in [3.63, 3.8) is 0 Å². The zero-order valence-electron chi connectivity index (χ0n) is 15.8. The first-order valence-corrected chi connectivity index (χ1v) is 10.6. The molecule has 0 atom stereocenters. The molecule has 28 heavy (non-hydrogen) atoms. The molecule has 0 bridgehead atoms. The molecule has 0 spiro atoms. The van der Waals surface area contributed by atoms with Gasteiger partial charge in [0.2, 0.25) is 15.9 Å². The Bertz CT molecular complexity index is 930. The van der Waals surface area contributed by atoms with Gasteiger partial charge in [-0.25, -0.2) is 8.42 Å². The van der Waals surface area contributed by atoms with Crippen molar-refractivity contribution in [2.24, 2.45) is 0 Å². The minimum absolute atomic E-state index is 0.120. The number of hydrogen-bond acceptors (Lipinski definition) is 5. The van der Waals surface area contributed by atoms with E-state index in [1.165, 1.54) is 17.5 Å². The van der Waals surface area contributed by atoms with Crippen LogP contribution in [0.4, 0.5) is 0 Å². The van der Waals surface area contributed by atoms with E-state index >= 15 is 0 Å². The maximum absolute atomic E-state index is 13.0. The third kappa shape index (κ3) is 4.82. The molecule has 150 valence electrons. The van der Waals surface area contributed by atoms with E-state index in [0.717, 1.165) is 19.3 Å². The minimum atomic E-state index is -3.64. The van der Waals surface area contributed by atoms with Gasteiger partial charge in [-0.15, -0.1) is 0 Å². The summed E-state index contributed by atoms with van der Waals surface area (Å²) < 4.78 is 38.0. The number of nitrogens with one attached hydrogen (secondary N) is 1. The average Bonchev–Trinajstić information content (AvgIpc) is 3.25. The molecule has 0 radical (unpaired) electrons. The van der Waals surface area contributed by atoms with Crippen molar-refractivity contribution < 1.29 is 22.4 Å². The first kappa shape index (κ1) is 20.2. The summed E-state index contributed by atoms with van der Waals surface area (Å²) in [6, 6.07) is 8.38. The number of sulfonamides is 1. The predicted molar refractivity (Wildman–Crippen MR) is 105 cm³/mol. The Morgan fingerprint density at radius 3 is 2.71 bits per heavy atom. The summed E-state index contributed by atoms with van der Waals surface area (Å²) >= 11 is 0. The van der Waals surface area contributed by atoms with Crippen molar-refractivity contribution in [1.82, 2.24) is 9.62 Å². The van der Waals surface area contributed by atoms with Crippen LogP contribution in [0.2, 0.25) is 0 Å². The molecule has 1 amide bonds. The number of rotatable bonds is 7. The molecule has 1 aliphatic rings. The summed E-state index contributed by atoms with van der Waals surface area (Å²) in [5.74, 6) is 0.652. The van der Waals surface area contributed by atoms with Crippen molar-refractivity contribution in [2.75, 3.05) is 20.2 Å². The van der Waals surface area contributed by atoms with Gasteiger partial charge in [-0.1, -0.05) is 12.5 Å². The van der Waals surface area contributed by atoms with Gasteiger partial charge in [-0.3, -0.25) is 4.79 Å². The molecule has 7 nitrogen and oxygen atoms in total. The highest BCUT2D eigenvalue weighted by Crippen LogP contribution is 2.29. The van der Waals surface area contributed by atoms with Crippen LogP contribution < -0.4 is 10.1 Å². The second kappa shape index (κ2) is 9.07. The Hall–Kier alpha value is -2.58. The zero-order chi connectivity index (χ0) is 20.0. The maximum atomic E-state index is 13.0. The monoisotopic (exact) mass is 404 g/mol. The van der Waals surface area contributed by atoms with Crippen LogP contribution in [0.25, 0.3) is 6.08 Å². The molecule has 8 heteroatoms. The topological polar surface area (TPSA) is 88.8 Å². The Balaban J connectivity index is 1.75. The van der Waals surface area contributed by atoms with Gasteiger partial charge in [0, 0.05) is 19.2 Å². The fourth-order valence-corrected chi connectivity index (χ4v) is 4.77. The van der Waals surface area contributed by atoms with Crippen molar-refractivity contribution in [3.8, 4) is 5.75 Å². The second-order valence-electron chi connectivity index (χ2n) is 6.51. The summed E-state index contributed by atoms with van der Waals surface area (Å²) in [5.41, 5.74) is 0.601. The SMILES string of the molecule is COc1ccc(C=CC(=O)NCc2ccco2)cc1S(=O)(=O)N1CCCCC1. The normalized spacial score (nSPS) is 15.6. The third-order valence-corrected chi connectivity index (χ3v) is 6.48. The fraction of sp³-hybridized carbons (Fsp3) is 0.350. The van der Waals surface area contributed by atoms with Gasteiger partial charge in [0.1, 0.15) is 16.4 Å². The lowest BCUT2D eigenvalue weighted by atomic mass is 10.2. The smallest absolute Gasteiger partial charge is 0.246 e. The summed E-state index contributed by atoms with van der Waals surface area (Å²) in [6.07, 6.45) is 7.24. The molecule has 1 N–H and O–H groups in total. The lowest BCUT2D eigenvalue weighted by Gasteiger charge is -2.26. The maximum Gasteiger partial charge on any atom is 0.246 e. The first-order chi connectivity index (χ1) is 13.5. The lowest BCUT2D eigenvalue weighted by Crippen LogP contribution is -2.35. The number of amides is 1. The quantitative estimate of drug-likeness (QED) is 0.717. The zero-order valence-corrected chi connectivity index (χ0v) is 16.6. The largest absolute Gasteiger partial charge is 0.495 e. The van der Waals surface area contributed by atoms with Crippen LogP contribution in [0.5, 0.6) is 5.75 Å². The summed E-state index contributed by atoms with van der Waals surface area (Å²) in [7, 11) is -2.20. The van der Waals surface area contributed by atoms with Crippen LogP contribution in [0.3, 0.4) is 0 Å². The van der Waals surface area contributed by atoms with Crippen molar-refractivity contribution in [1.29, 1.82) is 0 Å². The highest BCUT2D eigenvalue weighted by Gasteiger charge is 2.28. The van der Waals surface area contributed by atoms with Gasteiger partial charge in [0.25, 0.3) is 0 Å². The van der Waals surface area contributed by atoms with E-state index in [0.29, 0.717) is 30.2 Å². The van der Waals surface area contributed by atoms with Crippen LogP contribution in [0, 0.1) is 0 Å². The molecule has 1 aromatic carbocycles. The fourth-order valence-electron chi connectivity index (χ4n) is 3.06. The van der Waals surface area contributed by atoms with Crippen molar-refractivity contribution in [3.05, 3.63) is 54.0 Å². The van der Waals surface area contributed by atoms with Gasteiger partial charge in [-0.2, -0.15) is 4.31 Å². The summed E-state index contributed by atoms with van der Waals surface area (Å²) in [6.45, 7) is 1.31. The molecule has 1 saturated heterocycles. The highest BCUT2D eigenvalue weighted by molar-refractivity contribution is 7.89. The number of carbonyl (C=O) groups excluding carboxylic acids is 1. The molecular formula is C20H24N2O5S. The number of piperidine rings is 1. The molecule has 1 aliphatic heterocycles. The Morgan fingerprint density at radius 2 is 2.04 bits per heavy atom. The van der Waals surface area contributed by atoms with Gasteiger partial charge in [-0.05, 0) is 48.7 Å². The van der Waals surface area contributed by atoms with E-state index in [1.54, 1.807) is 42.7 Å². The third-order valence-electron chi connectivity index (χ3n) is 4.56. The number of nitrogens with zero attached hydrogens (tertiary/aromatic N) is 1. The second-order valence-corrected chi connectivity index (χ2v) is 8.41. The van der Waals surface area contributed by atoms with Crippen molar-refractivity contribution >= 4 is 22.0 Å². The van der Waals surface area contributed by atoms with E-state index < -0.39 is 10.0 Å². The number of hydrogen-bond donors (Lipinski definition) is 1. The molecule has 0 aliphatic carbocycles. The Morgan fingerprint density at radius 1 is 1.25 bits per heavy atom. The van der Waals surface area contributed by atoms with E-state index in [4.69, 9.17) is 9.15 Å². The Labute approximate surface area is 165 Å². The molecule has 3 rings (SSSR count). The first-order valence-electron chi connectivity index (χ1n) is 9.17. The molecule has 2 heterocycles.